The first-order chi connectivity index (χ1) is 14.7. The Kier molecular flexibility index (Phi) is 8.26. The molecule has 0 radical (unpaired) electrons. The fourth-order valence-electron chi connectivity index (χ4n) is 3.24. The van der Waals surface area contributed by atoms with Crippen LogP contribution in [0.25, 0.3) is 0 Å². The number of carbonyl (C=O) groups is 2. The zero-order valence-corrected chi connectivity index (χ0v) is 17.8. The van der Waals surface area contributed by atoms with Gasteiger partial charge in [0.05, 0.1) is 40.4 Å². The Bertz CT molecular complexity index is 924. The second-order valence-corrected chi connectivity index (χ2v) is 7.06. The van der Waals surface area contributed by atoms with E-state index in [1.54, 1.807) is 13.8 Å². The van der Waals surface area contributed by atoms with Crippen molar-refractivity contribution in [2.75, 3.05) is 27.0 Å². The number of allylic oxidation sites excluding steroid dienone is 2. The maximum absolute atomic E-state index is 13.9. The Morgan fingerprint density at radius 1 is 1.23 bits per heavy atom. The molecule has 0 saturated carbocycles. The zero-order chi connectivity index (χ0) is 23.1. The van der Waals surface area contributed by atoms with E-state index in [0.717, 1.165) is 0 Å². The Morgan fingerprint density at radius 3 is 2.52 bits per heavy atom. The topological polar surface area (TPSA) is 117 Å². The van der Waals surface area contributed by atoms with Gasteiger partial charge in [0.1, 0.15) is 13.3 Å². The molecule has 9 nitrogen and oxygen atoms in total. The molecule has 10 heteroatoms. The van der Waals surface area contributed by atoms with Gasteiger partial charge in [-0.2, -0.15) is 0 Å². The van der Waals surface area contributed by atoms with E-state index in [2.05, 4.69) is 5.32 Å². The molecule has 1 atom stereocenters. The van der Waals surface area contributed by atoms with Crippen molar-refractivity contribution in [3.8, 4) is 0 Å². The molecule has 1 aromatic carbocycles. The van der Waals surface area contributed by atoms with Crippen molar-refractivity contribution in [3.05, 3.63) is 62.5 Å². The fourth-order valence-corrected chi connectivity index (χ4v) is 3.24. The number of ether oxygens (including phenoxy) is 3. The highest BCUT2D eigenvalue weighted by Crippen LogP contribution is 2.40. The lowest BCUT2D eigenvalue weighted by Crippen LogP contribution is -2.34. The third-order valence-electron chi connectivity index (χ3n) is 4.50. The Balaban J connectivity index is 2.66. The van der Waals surface area contributed by atoms with E-state index in [0.29, 0.717) is 0 Å². The van der Waals surface area contributed by atoms with Gasteiger partial charge in [0.25, 0.3) is 5.69 Å². The quantitative estimate of drug-likeness (QED) is 0.272. The lowest BCUT2D eigenvalue weighted by molar-refractivity contribution is -0.384. The van der Waals surface area contributed by atoms with Crippen molar-refractivity contribution in [2.24, 2.45) is 0 Å². The highest BCUT2D eigenvalue weighted by molar-refractivity contribution is 6.00. The second kappa shape index (κ2) is 10.7. The standard InChI is InChI=1S/C21H25FN2O7/c1-12(2)31-21(26)19-16(11-22)23-13(3)17(20(25)30-9-8-29-4)18(19)14-6-5-7-15(10-14)24(27)28/h5-7,10,12,18,23H,8-9,11H2,1-4H3. The molecule has 31 heavy (non-hydrogen) atoms. The minimum atomic E-state index is -1.12. The van der Waals surface area contributed by atoms with E-state index in [-0.39, 0.29) is 47.0 Å². The number of nitro groups is 1. The third kappa shape index (κ3) is 5.66. The summed E-state index contributed by atoms with van der Waals surface area (Å²) in [6.45, 7) is 3.88. The molecule has 1 aliphatic rings. The van der Waals surface area contributed by atoms with E-state index in [9.17, 15) is 24.1 Å². The summed E-state index contributed by atoms with van der Waals surface area (Å²) in [6.07, 6.45) is -0.504. The van der Waals surface area contributed by atoms with E-state index >= 15 is 0 Å². The lowest BCUT2D eigenvalue weighted by atomic mass is 9.80. The minimum Gasteiger partial charge on any atom is -0.460 e. The maximum Gasteiger partial charge on any atom is 0.337 e. The minimum absolute atomic E-state index is 0.0320. The van der Waals surface area contributed by atoms with Gasteiger partial charge in [-0.3, -0.25) is 10.1 Å². The zero-order valence-electron chi connectivity index (χ0n) is 17.8. The molecule has 0 aromatic heterocycles. The van der Waals surface area contributed by atoms with E-state index in [4.69, 9.17) is 14.2 Å². The van der Waals surface area contributed by atoms with Crippen molar-refractivity contribution in [1.29, 1.82) is 0 Å². The molecule has 0 saturated heterocycles. The number of non-ortho nitro benzene ring substituents is 1. The number of nitrogens with zero attached hydrogens (tertiary/aromatic N) is 1. The van der Waals surface area contributed by atoms with Crippen LogP contribution in [0.1, 0.15) is 32.3 Å². The molecule has 1 unspecified atom stereocenters. The first-order valence-electron chi connectivity index (χ1n) is 9.59. The summed E-state index contributed by atoms with van der Waals surface area (Å²) >= 11 is 0. The number of benzene rings is 1. The SMILES string of the molecule is COCCOC(=O)C1=C(C)NC(CF)=C(C(=O)OC(C)C)C1c1cccc([N+](=O)[O-])c1. The fraction of sp³-hybridized carbons (Fsp3) is 0.429. The molecule has 2 rings (SSSR count). The number of alkyl halides is 1. The first-order valence-corrected chi connectivity index (χ1v) is 9.59. The van der Waals surface area contributed by atoms with Crippen LogP contribution in [0.4, 0.5) is 10.1 Å². The summed E-state index contributed by atoms with van der Waals surface area (Å²) in [6, 6.07) is 5.48. The van der Waals surface area contributed by atoms with Crippen LogP contribution in [0.2, 0.25) is 0 Å². The number of dihydropyridines is 1. The summed E-state index contributed by atoms with van der Waals surface area (Å²) in [5.74, 6) is -2.71. The number of esters is 2. The second-order valence-electron chi connectivity index (χ2n) is 7.06. The molecule has 0 fully saturated rings. The van der Waals surface area contributed by atoms with Crippen molar-refractivity contribution in [1.82, 2.24) is 5.32 Å². The van der Waals surface area contributed by atoms with Crippen molar-refractivity contribution < 1.29 is 33.1 Å². The summed E-state index contributed by atoms with van der Waals surface area (Å²) < 4.78 is 29.3. The summed E-state index contributed by atoms with van der Waals surface area (Å²) in [7, 11) is 1.45. The number of nitrogens with one attached hydrogen (secondary N) is 1. The van der Waals surface area contributed by atoms with E-state index in [1.807, 2.05) is 0 Å². The van der Waals surface area contributed by atoms with Gasteiger partial charge in [-0.05, 0) is 26.3 Å². The molecular weight excluding hydrogens is 411 g/mol. The Labute approximate surface area is 179 Å². The summed E-state index contributed by atoms with van der Waals surface area (Å²) in [5.41, 5.74) is 0.112. The number of carbonyl (C=O) groups excluding carboxylic acids is 2. The number of nitro benzene ring substituents is 1. The number of methoxy groups -OCH3 is 1. The normalized spacial score (nSPS) is 16.3. The average Bonchev–Trinajstić information content (AvgIpc) is 2.72. The molecule has 0 bridgehead atoms. The molecule has 1 aromatic rings. The van der Waals surface area contributed by atoms with Crippen LogP contribution in [0, 0.1) is 10.1 Å². The van der Waals surface area contributed by atoms with E-state index < -0.39 is 35.6 Å². The van der Waals surface area contributed by atoms with Crippen molar-refractivity contribution in [3.63, 3.8) is 0 Å². The van der Waals surface area contributed by atoms with Gasteiger partial charge in [0.2, 0.25) is 0 Å². The monoisotopic (exact) mass is 436 g/mol. The van der Waals surface area contributed by atoms with Crippen molar-refractivity contribution in [2.45, 2.75) is 32.8 Å². The molecule has 1 aliphatic heterocycles. The number of rotatable bonds is 9. The molecule has 0 aliphatic carbocycles. The van der Waals surface area contributed by atoms with Gasteiger partial charge < -0.3 is 19.5 Å². The lowest BCUT2D eigenvalue weighted by Gasteiger charge is -2.31. The van der Waals surface area contributed by atoms with Gasteiger partial charge >= 0.3 is 11.9 Å². The number of hydrogen-bond donors (Lipinski definition) is 1. The van der Waals surface area contributed by atoms with Gasteiger partial charge in [-0.25, -0.2) is 14.0 Å². The van der Waals surface area contributed by atoms with Crippen molar-refractivity contribution >= 4 is 17.6 Å². The predicted molar refractivity (Wildman–Crippen MR) is 109 cm³/mol. The number of hydrogen-bond acceptors (Lipinski definition) is 8. The Hall–Kier alpha value is -3.27. The van der Waals surface area contributed by atoms with Crippen LogP contribution >= 0.6 is 0 Å². The van der Waals surface area contributed by atoms with Crippen LogP contribution in [-0.4, -0.2) is 50.0 Å². The Morgan fingerprint density at radius 2 is 1.94 bits per heavy atom. The predicted octanol–water partition coefficient (Wildman–Crippen LogP) is 2.92. The highest BCUT2D eigenvalue weighted by Gasteiger charge is 2.39. The van der Waals surface area contributed by atoms with Gasteiger partial charge in [-0.15, -0.1) is 0 Å². The van der Waals surface area contributed by atoms with Gasteiger partial charge in [0, 0.05) is 24.9 Å². The third-order valence-corrected chi connectivity index (χ3v) is 4.50. The molecule has 1 N–H and O–H groups in total. The summed E-state index contributed by atoms with van der Waals surface area (Å²) in [5, 5.41) is 14.0. The average molecular weight is 436 g/mol. The largest absolute Gasteiger partial charge is 0.460 e. The van der Waals surface area contributed by atoms with Crippen LogP contribution in [0.3, 0.4) is 0 Å². The number of halogens is 1. The van der Waals surface area contributed by atoms with Crippen LogP contribution in [-0.2, 0) is 23.8 Å². The van der Waals surface area contributed by atoms with Gasteiger partial charge in [0.15, 0.2) is 0 Å². The van der Waals surface area contributed by atoms with E-state index in [1.165, 1.54) is 38.3 Å². The molecule has 0 amide bonds. The molecule has 168 valence electrons. The van der Waals surface area contributed by atoms with Gasteiger partial charge in [-0.1, -0.05) is 12.1 Å². The summed E-state index contributed by atoms with van der Waals surface area (Å²) in [4.78, 5) is 36.5. The molecule has 1 heterocycles. The van der Waals surface area contributed by atoms with Crippen LogP contribution < -0.4 is 5.32 Å². The smallest absolute Gasteiger partial charge is 0.337 e. The first kappa shape index (κ1) is 24.0. The molecular formula is C21H25FN2O7. The molecule has 0 spiro atoms. The highest BCUT2D eigenvalue weighted by atomic mass is 19.1. The van der Waals surface area contributed by atoms with Crippen LogP contribution in [0.5, 0.6) is 0 Å². The maximum atomic E-state index is 13.9. The van der Waals surface area contributed by atoms with Crippen LogP contribution in [0.15, 0.2) is 46.8 Å².